The van der Waals surface area contributed by atoms with Crippen LogP contribution in [0, 0.1) is 11.8 Å². The second kappa shape index (κ2) is 8.34. The van der Waals surface area contributed by atoms with Gasteiger partial charge in [0, 0.05) is 30.9 Å². The lowest BCUT2D eigenvalue weighted by Crippen LogP contribution is -2.60. The molecule has 7 heteroatoms. The first kappa shape index (κ1) is 20.2. The van der Waals surface area contributed by atoms with Gasteiger partial charge in [-0.3, -0.25) is 4.79 Å². The zero-order valence-corrected chi connectivity index (χ0v) is 17.6. The number of nitrogens with zero attached hydrogens (tertiary/aromatic N) is 3. The van der Waals surface area contributed by atoms with Crippen molar-refractivity contribution >= 4 is 28.4 Å². The number of H-pyrrole nitrogens is 1. The summed E-state index contributed by atoms with van der Waals surface area (Å²) in [5.74, 6) is 1.00. The molecule has 4 N–H and O–H groups in total. The maximum absolute atomic E-state index is 13.0. The molecule has 0 radical (unpaired) electrons. The van der Waals surface area contributed by atoms with Crippen LogP contribution < -0.4 is 16.0 Å². The summed E-state index contributed by atoms with van der Waals surface area (Å²) in [7, 11) is 0. The van der Waals surface area contributed by atoms with Crippen LogP contribution in [0.15, 0.2) is 48.9 Å². The van der Waals surface area contributed by atoms with E-state index < -0.39 is 5.54 Å². The normalized spacial score (nSPS) is 19.0. The fourth-order valence-electron chi connectivity index (χ4n) is 4.79. The largest absolute Gasteiger partial charge is 0.371 e. The molecule has 1 aliphatic heterocycles. The molecule has 3 heterocycles. The summed E-state index contributed by atoms with van der Waals surface area (Å²) in [5, 5.41) is 4.56. The van der Waals surface area contributed by atoms with Crippen molar-refractivity contribution in [3.63, 3.8) is 0 Å². The fraction of sp³-hybridized carbons (Fsp3) is 0.435. The van der Waals surface area contributed by atoms with Crippen LogP contribution in [0.25, 0.3) is 11.0 Å². The van der Waals surface area contributed by atoms with Crippen LogP contribution in [0.3, 0.4) is 0 Å². The Labute approximate surface area is 177 Å². The summed E-state index contributed by atoms with van der Waals surface area (Å²) in [4.78, 5) is 27.3. The van der Waals surface area contributed by atoms with Crippen LogP contribution in [0.4, 0.5) is 11.5 Å². The number of piperidine rings is 1. The van der Waals surface area contributed by atoms with Gasteiger partial charge in [0.05, 0.1) is 5.39 Å². The highest BCUT2D eigenvalue weighted by Crippen LogP contribution is 2.37. The molecule has 0 spiro atoms. The highest BCUT2D eigenvalue weighted by atomic mass is 16.1. The van der Waals surface area contributed by atoms with E-state index in [1.165, 1.54) is 0 Å². The molecule has 3 aromatic rings. The van der Waals surface area contributed by atoms with Gasteiger partial charge < -0.3 is 20.9 Å². The molecule has 158 valence electrons. The van der Waals surface area contributed by atoms with Crippen molar-refractivity contribution in [2.75, 3.05) is 23.3 Å². The Morgan fingerprint density at radius 2 is 2.10 bits per heavy atom. The Balaban J connectivity index is 1.69. The molecule has 4 rings (SSSR count). The number of aromatic amines is 1. The standard InChI is InChI=1S/C23H30N6O/c1-16(2)13-23(22(24)30,28-18-8-4-3-5-9-18)17-7-6-12-29(14-17)21-19-10-11-25-20(19)26-15-27-21/h3-5,8-11,15-17,28H,6-7,12-14H2,1-2H3,(H2,24,30)(H,25,26,27)/t17-,23?/m1/s1. The summed E-state index contributed by atoms with van der Waals surface area (Å²) in [5.41, 5.74) is 7.03. The number of fused-ring (bicyclic) bond motifs is 1. The van der Waals surface area contributed by atoms with Gasteiger partial charge >= 0.3 is 0 Å². The van der Waals surface area contributed by atoms with Crippen LogP contribution in [-0.2, 0) is 4.79 Å². The fourth-order valence-corrected chi connectivity index (χ4v) is 4.79. The first-order valence-electron chi connectivity index (χ1n) is 10.7. The van der Waals surface area contributed by atoms with Gasteiger partial charge in [0.25, 0.3) is 0 Å². The number of primary amides is 1. The van der Waals surface area contributed by atoms with Gasteiger partial charge in [0.15, 0.2) is 0 Å². The molecule has 1 fully saturated rings. The van der Waals surface area contributed by atoms with Crippen LogP contribution >= 0.6 is 0 Å². The van der Waals surface area contributed by atoms with Gasteiger partial charge in [-0.2, -0.15) is 0 Å². The van der Waals surface area contributed by atoms with E-state index in [1.54, 1.807) is 6.33 Å². The monoisotopic (exact) mass is 406 g/mol. The number of carbonyl (C=O) groups is 1. The number of nitrogens with one attached hydrogen (secondary N) is 2. The van der Waals surface area contributed by atoms with Gasteiger partial charge in [-0.05, 0) is 43.4 Å². The summed E-state index contributed by atoms with van der Waals surface area (Å²) in [6, 6.07) is 11.9. The number of anilines is 2. The van der Waals surface area contributed by atoms with Gasteiger partial charge in [-0.1, -0.05) is 32.0 Å². The predicted octanol–water partition coefficient (Wildman–Crippen LogP) is 3.56. The van der Waals surface area contributed by atoms with Crippen molar-refractivity contribution in [2.45, 2.75) is 38.6 Å². The number of amides is 1. The maximum atomic E-state index is 13.0. The molecule has 0 bridgehead atoms. The molecule has 7 nitrogen and oxygen atoms in total. The zero-order chi connectivity index (χ0) is 21.1. The Hall–Kier alpha value is -3.09. The molecule has 1 unspecified atom stereocenters. The number of hydrogen-bond donors (Lipinski definition) is 3. The molecule has 2 aromatic heterocycles. The number of nitrogens with two attached hydrogens (primary N) is 1. The van der Waals surface area contributed by atoms with Gasteiger partial charge in [-0.25, -0.2) is 9.97 Å². The van der Waals surface area contributed by atoms with Crippen molar-refractivity contribution in [3.8, 4) is 0 Å². The molecular formula is C23H30N6O. The smallest absolute Gasteiger partial charge is 0.243 e. The van der Waals surface area contributed by atoms with Gasteiger partial charge in [-0.15, -0.1) is 0 Å². The average molecular weight is 407 g/mol. The summed E-state index contributed by atoms with van der Waals surface area (Å²) >= 11 is 0. The topological polar surface area (TPSA) is 99.9 Å². The third kappa shape index (κ3) is 3.84. The lowest BCUT2D eigenvalue weighted by atomic mass is 9.73. The number of rotatable bonds is 7. The van der Waals surface area contributed by atoms with E-state index in [0.717, 1.165) is 41.9 Å². The number of benzene rings is 1. The van der Waals surface area contributed by atoms with E-state index in [-0.39, 0.29) is 11.8 Å². The minimum atomic E-state index is -0.821. The average Bonchev–Trinajstić information content (AvgIpc) is 3.22. The van der Waals surface area contributed by atoms with Crippen molar-refractivity contribution in [3.05, 3.63) is 48.9 Å². The minimum Gasteiger partial charge on any atom is -0.371 e. The Morgan fingerprint density at radius 1 is 1.30 bits per heavy atom. The second-order valence-corrected chi connectivity index (χ2v) is 8.65. The highest BCUT2D eigenvalue weighted by Gasteiger charge is 2.46. The molecule has 1 amide bonds. The lowest BCUT2D eigenvalue weighted by molar-refractivity contribution is -0.124. The molecule has 0 aliphatic carbocycles. The van der Waals surface area contributed by atoms with Crippen LogP contribution in [0.2, 0.25) is 0 Å². The van der Waals surface area contributed by atoms with Crippen LogP contribution in [0.5, 0.6) is 0 Å². The van der Waals surface area contributed by atoms with Crippen molar-refractivity contribution < 1.29 is 4.79 Å². The second-order valence-electron chi connectivity index (χ2n) is 8.65. The highest BCUT2D eigenvalue weighted by molar-refractivity contribution is 5.89. The number of para-hydroxylation sites is 1. The molecule has 1 aliphatic rings. The van der Waals surface area contributed by atoms with E-state index in [9.17, 15) is 4.79 Å². The summed E-state index contributed by atoms with van der Waals surface area (Å²) in [6.07, 6.45) is 6.07. The molecule has 1 aromatic carbocycles. The quantitative estimate of drug-likeness (QED) is 0.557. The minimum absolute atomic E-state index is 0.0651. The third-order valence-electron chi connectivity index (χ3n) is 6.06. The van der Waals surface area contributed by atoms with E-state index in [2.05, 4.69) is 39.0 Å². The van der Waals surface area contributed by atoms with Gasteiger partial charge in [0.1, 0.15) is 23.3 Å². The Morgan fingerprint density at radius 3 is 2.83 bits per heavy atom. The first-order chi connectivity index (χ1) is 14.5. The van der Waals surface area contributed by atoms with E-state index >= 15 is 0 Å². The predicted molar refractivity (Wildman–Crippen MR) is 120 cm³/mol. The Kier molecular flexibility index (Phi) is 5.61. The van der Waals surface area contributed by atoms with Gasteiger partial charge in [0.2, 0.25) is 5.91 Å². The number of hydrogen-bond acceptors (Lipinski definition) is 5. The Bertz CT molecular complexity index is 1000. The van der Waals surface area contributed by atoms with Crippen molar-refractivity contribution in [1.82, 2.24) is 15.0 Å². The van der Waals surface area contributed by atoms with Crippen molar-refractivity contribution in [1.29, 1.82) is 0 Å². The lowest BCUT2D eigenvalue weighted by Gasteiger charge is -2.45. The molecule has 1 saturated heterocycles. The third-order valence-corrected chi connectivity index (χ3v) is 6.06. The summed E-state index contributed by atoms with van der Waals surface area (Å²) in [6.45, 7) is 5.89. The van der Waals surface area contributed by atoms with Crippen LogP contribution in [0.1, 0.15) is 33.1 Å². The number of carbonyl (C=O) groups excluding carboxylic acids is 1. The van der Waals surface area contributed by atoms with E-state index in [4.69, 9.17) is 5.73 Å². The zero-order valence-electron chi connectivity index (χ0n) is 17.6. The molecule has 2 atom stereocenters. The maximum Gasteiger partial charge on any atom is 0.243 e. The summed E-state index contributed by atoms with van der Waals surface area (Å²) < 4.78 is 0. The number of aromatic nitrogens is 3. The molecular weight excluding hydrogens is 376 g/mol. The first-order valence-corrected chi connectivity index (χ1v) is 10.7. The molecule has 0 saturated carbocycles. The molecule has 30 heavy (non-hydrogen) atoms. The van der Waals surface area contributed by atoms with Crippen molar-refractivity contribution in [2.24, 2.45) is 17.6 Å². The van der Waals surface area contributed by atoms with E-state index in [1.807, 2.05) is 42.6 Å². The SMILES string of the molecule is CC(C)CC(Nc1ccccc1)(C(N)=O)[C@@H]1CCCN(c2ncnc3[nH]ccc23)C1. The van der Waals surface area contributed by atoms with E-state index in [0.29, 0.717) is 18.9 Å². The van der Waals surface area contributed by atoms with Crippen LogP contribution in [-0.4, -0.2) is 39.5 Å².